The Labute approximate surface area is 211 Å². The summed E-state index contributed by atoms with van der Waals surface area (Å²) in [4.78, 5) is 10.1. The molecule has 0 bridgehead atoms. The first kappa shape index (κ1) is 25.7. The summed E-state index contributed by atoms with van der Waals surface area (Å²) in [6.07, 6.45) is 7.67. The lowest BCUT2D eigenvalue weighted by molar-refractivity contribution is -0.0367. The summed E-state index contributed by atoms with van der Waals surface area (Å²) >= 11 is 0. The van der Waals surface area contributed by atoms with Crippen molar-refractivity contribution in [1.29, 1.82) is 0 Å². The standard InChI is InChI=1S/C25H40N4O2.HI/c1-2-26-25(28-15-12-23(13-16-28)31-20-24-11-7-17-30-24)27-18-22-10-6-14-29(22)19-21-8-4-3-5-9-21;/h3-5,8-9,22-24H,2,6-7,10-20H2,1H3,(H,26,27);1H. The number of nitrogens with zero attached hydrogens (tertiary/aromatic N) is 3. The molecule has 0 spiro atoms. The molecule has 7 heteroatoms. The van der Waals surface area contributed by atoms with Gasteiger partial charge in [-0.2, -0.15) is 0 Å². The van der Waals surface area contributed by atoms with Crippen LogP contribution in [-0.2, 0) is 16.0 Å². The zero-order valence-electron chi connectivity index (χ0n) is 19.6. The van der Waals surface area contributed by atoms with E-state index in [-0.39, 0.29) is 24.0 Å². The highest BCUT2D eigenvalue weighted by molar-refractivity contribution is 14.0. The number of aliphatic imine (C=N–C) groups is 1. The fourth-order valence-corrected chi connectivity index (χ4v) is 5.00. The van der Waals surface area contributed by atoms with E-state index in [1.807, 2.05) is 0 Å². The van der Waals surface area contributed by atoms with E-state index >= 15 is 0 Å². The number of hydrogen-bond donors (Lipinski definition) is 1. The quantitative estimate of drug-likeness (QED) is 0.299. The Kier molecular flexibility index (Phi) is 11.0. The van der Waals surface area contributed by atoms with Crippen molar-refractivity contribution in [2.75, 3.05) is 45.9 Å². The first-order valence-electron chi connectivity index (χ1n) is 12.4. The molecule has 3 fully saturated rings. The molecule has 2 unspecified atom stereocenters. The van der Waals surface area contributed by atoms with Crippen molar-refractivity contribution < 1.29 is 9.47 Å². The van der Waals surface area contributed by atoms with E-state index in [1.54, 1.807) is 0 Å². The SMILES string of the molecule is CCNC(=NCC1CCCN1Cc1ccccc1)N1CCC(OCC2CCCO2)CC1.I. The average Bonchev–Trinajstić information content (AvgIpc) is 3.49. The van der Waals surface area contributed by atoms with Crippen LogP contribution >= 0.6 is 24.0 Å². The van der Waals surface area contributed by atoms with Crippen LogP contribution in [0.2, 0.25) is 0 Å². The van der Waals surface area contributed by atoms with Crippen LogP contribution in [0.3, 0.4) is 0 Å². The highest BCUT2D eigenvalue weighted by atomic mass is 127. The van der Waals surface area contributed by atoms with Crippen LogP contribution in [0.4, 0.5) is 0 Å². The van der Waals surface area contributed by atoms with Crippen LogP contribution < -0.4 is 5.32 Å². The molecular formula is C25H41IN4O2. The highest BCUT2D eigenvalue weighted by Crippen LogP contribution is 2.21. The number of likely N-dealkylation sites (tertiary alicyclic amines) is 2. The van der Waals surface area contributed by atoms with E-state index in [2.05, 4.69) is 52.4 Å². The van der Waals surface area contributed by atoms with E-state index < -0.39 is 0 Å². The Hall–Kier alpha value is -0.900. The summed E-state index contributed by atoms with van der Waals surface area (Å²) in [5.41, 5.74) is 1.40. The van der Waals surface area contributed by atoms with Crippen molar-refractivity contribution in [2.45, 2.75) is 70.2 Å². The molecule has 3 heterocycles. The molecule has 0 aromatic heterocycles. The second-order valence-corrected chi connectivity index (χ2v) is 9.10. The van der Waals surface area contributed by atoms with Crippen molar-refractivity contribution in [3.8, 4) is 0 Å². The number of halogens is 1. The molecule has 0 aliphatic carbocycles. The summed E-state index contributed by atoms with van der Waals surface area (Å²) in [7, 11) is 0. The van der Waals surface area contributed by atoms with Gasteiger partial charge in [0.15, 0.2) is 5.96 Å². The van der Waals surface area contributed by atoms with Gasteiger partial charge in [-0.05, 0) is 57.6 Å². The van der Waals surface area contributed by atoms with Crippen molar-refractivity contribution >= 4 is 29.9 Å². The Balaban J connectivity index is 0.00000289. The lowest BCUT2D eigenvalue weighted by atomic mass is 10.1. The largest absolute Gasteiger partial charge is 0.376 e. The third-order valence-electron chi connectivity index (χ3n) is 6.80. The second-order valence-electron chi connectivity index (χ2n) is 9.10. The Morgan fingerprint density at radius 3 is 2.62 bits per heavy atom. The van der Waals surface area contributed by atoms with Crippen LogP contribution in [0, 0.1) is 0 Å². The number of guanidine groups is 1. The van der Waals surface area contributed by atoms with Gasteiger partial charge < -0.3 is 19.7 Å². The molecule has 0 radical (unpaired) electrons. The minimum atomic E-state index is 0. The molecule has 0 amide bonds. The van der Waals surface area contributed by atoms with Crippen LogP contribution in [0.25, 0.3) is 0 Å². The molecule has 3 aliphatic rings. The second kappa shape index (κ2) is 13.7. The van der Waals surface area contributed by atoms with Gasteiger partial charge in [-0.15, -0.1) is 24.0 Å². The number of rotatable bonds is 8. The molecule has 3 aliphatic heterocycles. The van der Waals surface area contributed by atoms with Crippen molar-refractivity contribution in [2.24, 2.45) is 4.99 Å². The third-order valence-corrected chi connectivity index (χ3v) is 6.80. The van der Waals surface area contributed by atoms with E-state index in [4.69, 9.17) is 14.5 Å². The van der Waals surface area contributed by atoms with Crippen molar-refractivity contribution in [1.82, 2.24) is 15.1 Å². The first-order valence-corrected chi connectivity index (χ1v) is 12.4. The highest BCUT2D eigenvalue weighted by Gasteiger charge is 2.26. The maximum absolute atomic E-state index is 6.15. The Morgan fingerprint density at radius 1 is 1.09 bits per heavy atom. The maximum Gasteiger partial charge on any atom is 0.193 e. The van der Waals surface area contributed by atoms with Gasteiger partial charge in [0.25, 0.3) is 0 Å². The zero-order chi connectivity index (χ0) is 21.3. The lowest BCUT2D eigenvalue weighted by Gasteiger charge is -2.35. The van der Waals surface area contributed by atoms with Gasteiger partial charge in [-0.3, -0.25) is 9.89 Å². The normalized spacial score (nSPS) is 25.2. The molecule has 2 atom stereocenters. The zero-order valence-corrected chi connectivity index (χ0v) is 21.9. The van der Waals surface area contributed by atoms with E-state index in [9.17, 15) is 0 Å². The molecule has 4 rings (SSSR count). The number of benzene rings is 1. The van der Waals surface area contributed by atoms with E-state index in [1.165, 1.54) is 31.4 Å². The average molecular weight is 557 g/mol. The molecule has 6 nitrogen and oxygen atoms in total. The summed E-state index contributed by atoms with van der Waals surface area (Å²) in [5.74, 6) is 1.08. The molecule has 1 aromatic rings. The molecular weight excluding hydrogens is 515 g/mol. The Morgan fingerprint density at radius 2 is 1.91 bits per heavy atom. The van der Waals surface area contributed by atoms with Crippen molar-refractivity contribution in [3.05, 3.63) is 35.9 Å². The number of nitrogens with one attached hydrogen (secondary N) is 1. The minimum absolute atomic E-state index is 0. The minimum Gasteiger partial charge on any atom is -0.376 e. The fraction of sp³-hybridized carbons (Fsp3) is 0.720. The summed E-state index contributed by atoms with van der Waals surface area (Å²) in [6.45, 7) is 9.85. The van der Waals surface area contributed by atoms with Gasteiger partial charge in [0.2, 0.25) is 0 Å². The Bertz CT molecular complexity index is 676. The molecule has 180 valence electrons. The molecule has 1 aromatic carbocycles. The van der Waals surface area contributed by atoms with E-state index in [0.29, 0.717) is 18.2 Å². The smallest absolute Gasteiger partial charge is 0.193 e. The monoisotopic (exact) mass is 556 g/mol. The summed E-state index contributed by atoms with van der Waals surface area (Å²) in [5, 5.41) is 3.53. The summed E-state index contributed by atoms with van der Waals surface area (Å²) < 4.78 is 11.8. The van der Waals surface area contributed by atoms with Gasteiger partial charge in [0.1, 0.15) is 0 Å². The van der Waals surface area contributed by atoms with Gasteiger partial charge in [0, 0.05) is 38.8 Å². The number of hydrogen-bond acceptors (Lipinski definition) is 4. The molecule has 0 saturated carbocycles. The maximum atomic E-state index is 6.15. The topological polar surface area (TPSA) is 49.3 Å². The predicted octanol–water partition coefficient (Wildman–Crippen LogP) is 3.89. The molecule has 3 saturated heterocycles. The number of ether oxygens (including phenoxy) is 2. The van der Waals surface area contributed by atoms with Gasteiger partial charge in [0.05, 0.1) is 25.4 Å². The third kappa shape index (κ3) is 7.57. The lowest BCUT2D eigenvalue weighted by Crippen LogP contribution is -2.47. The molecule has 32 heavy (non-hydrogen) atoms. The number of piperidine rings is 1. The van der Waals surface area contributed by atoms with Gasteiger partial charge in [-0.25, -0.2) is 0 Å². The first-order chi connectivity index (χ1) is 15.3. The van der Waals surface area contributed by atoms with Crippen LogP contribution in [0.1, 0.15) is 51.0 Å². The van der Waals surface area contributed by atoms with Crippen LogP contribution in [0.5, 0.6) is 0 Å². The predicted molar refractivity (Wildman–Crippen MR) is 141 cm³/mol. The summed E-state index contributed by atoms with van der Waals surface area (Å²) in [6, 6.07) is 11.4. The van der Waals surface area contributed by atoms with Crippen LogP contribution in [-0.4, -0.2) is 79.9 Å². The van der Waals surface area contributed by atoms with Gasteiger partial charge >= 0.3 is 0 Å². The van der Waals surface area contributed by atoms with Gasteiger partial charge in [-0.1, -0.05) is 30.3 Å². The fourth-order valence-electron chi connectivity index (χ4n) is 5.00. The van der Waals surface area contributed by atoms with Crippen molar-refractivity contribution in [3.63, 3.8) is 0 Å². The van der Waals surface area contributed by atoms with E-state index in [0.717, 1.165) is 71.2 Å². The van der Waals surface area contributed by atoms with Crippen LogP contribution in [0.15, 0.2) is 35.3 Å². The molecule has 1 N–H and O–H groups in total.